The van der Waals surface area contributed by atoms with Crippen LogP contribution < -0.4 is 10.1 Å². The van der Waals surface area contributed by atoms with Gasteiger partial charge in [0.05, 0.1) is 6.61 Å². The number of hydrogen-bond acceptors (Lipinski definition) is 2. The van der Waals surface area contributed by atoms with Crippen LogP contribution in [-0.4, -0.2) is 19.2 Å². The van der Waals surface area contributed by atoms with Crippen molar-refractivity contribution in [1.29, 1.82) is 0 Å². The number of hydrogen-bond donors (Lipinski definition) is 1. The minimum absolute atomic E-state index is 0. The van der Waals surface area contributed by atoms with Crippen molar-refractivity contribution >= 4 is 12.4 Å². The molecular formula is C23H32ClNO. The number of benzene rings is 2. The molecule has 0 saturated carbocycles. The third-order valence-electron chi connectivity index (χ3n) is 5.11. The van der Waals surface area contributed by atoms with Crippen LogP contribution in [0, 0.1) is 0 Å². The van der Waals surface area contributed by atoms with Gasteiger partial charge in [-0.3, -0.25) is 0 Å². The number of piperidine rings is 1. The average molecular weight is 374 g/mol. The molecule has 1 atom stereocenters. The number of aryl methyl sites for hydroxylation is 2. The Morgan fingerprint density at radius 1 is 0.885 bits per heavy atom. The Morgan fingerprint density at radius 2 is 1.65 bits per heavy atom. The van der Waals surface area contributed by atoms with Crippen molar-refractivity contribution in [3.05, 3.63) is 65.7 Å². The minimum atomic E-state index is 0. The zero-order valence-corrected chi connectivity index (χ0v) is 16.5. The van der Waals surface area contributed by atoms with Crippen LogP contribution in [-0.2, 0) is 12.8 Å². The number of unbranched alkanes of at least 4 members (excludes halogenated alkanes) is 1. The number of para-hydroxylation sites is 1. The number of halogens is 1. The Labute approximate surface area is 164 Å². The summed E-state index contributed by atoms with van der Waals surface area (Å²) in [5, 5.41) is 3.60. The summed E-state index contributed by atoms with van der Waals surface area (Å²) < 4.78 is 6.12. The van der Waals surface area contributed by atoms with Gasteiger partial charge in [-0.2, -0.15) is 0 Å². The van der Waals surface area contributed by atoms with Crippen molar-refractivity contribution in [3.8, 4) is 5.75 Å². The molecule has 0 bridgehead atoms. The lowest BCUT2D eigenvalue weighted by Gasteiger charge is -2.23. The van der Waals surface area contributed by atoms with Crippen LogP contribution in [0.25, 0.3) is 0 Å². The molecule has 0 aliphatic carbocycles. The fourth-order valence-electron chi connectivity index (χ4n) is 3.62. The molecule has 1 heterocycles. The van der Waals surface area contributed by atoms with E-state index in [2.05, 4.69) is 59.9 Å². The van der Waals surface area contributed by atoms with E-state index in [1.165, 1.54) is 49.8 Å². The lowest BCUT2D eigenvalue weighted by atomic mass is 10.0. The van der Waals surface area contributed by atoms with Gasteiger partial charge in [-0.15, -0.1) is 12.4 Å². The van der Waals surface area contributed by atoms with Gasteiger partial charge in [0, 0.05) is 6.04 Å². The monoisotopic (exact) mass is 373 g/mol. The molecule has 0 spiro atoms. The van der Waals surface area contributed by atoms with E-state index in [-0.39, 0.29) is 12.4 Å². The number of nitrogens with one attached hydrogen (secondary N) is 1. The lowest BCUT2D eigenvalue weighted by molar-refractivity contribution is 0.266. The van der Waals surface area contributed by atoms with Crippen molar-refractivity contribution in [2.75, 3.05) is 13.2 Å². The molecule has 1 unspecified atom stereocenters. The predicted octanol–water partition coefficient (Wildman–Crippen LogP) is 5.58. The molecule has 2 nitrogen and oxygen atoms in total. The first-order valence-electron chi connectivity index (χ1n) is 9.90. The summed E-state index contributed by atoms with van der Waals surface area (Å²) in [5.41, 5.74) is 2.79. The SMILES string of the molecule is Cl.c1ccc(CCCCc2ccccc2OCCC2CCCCN2)cc1. The van der Waals surface area contributed by atoms with Crippen LogP contribution in [0.5, 0.6) is 5.75 Å². The summed E-state index contributed by atoms with van der Waals surface area (Å²) in [6, 6.07) is 20.0. The van der Waals surface area contributed by atoms with E-state index in [1.54, 1.807) is 0 Å². The van der Waals surface area contributed by atoms with Crippen LogP contribution in [0.1, 0.15) is 49.7 Å². The summed E-state index contributed by atoms with van der Waals surface area (Å²) >= 11 is 0. The van der Waals surface area contributed by atoms with Crippen LogP contribution in [0.3, 0.4) is 0 Å². The van der Waals surface area contributed by atoms with Gasteiger partial charge in [-0.1, -0.05) is 55.0 Å². The van der Waals surface area contributed by atoms with E-state index in [1.807, 2.05) is 0 Å². The second kappa shape index (κ2) is 12.0. The van der Waals surface area contributed by atoms with Crippen molar-refractivity contribution in [2.45, 2.75) is 57.4 Å². The maximum Gasteiger partial charge on any atom is 0.122 e. The number of ether oxygens (including phenoxy) is 1. The van der Waals surface area contributed by atoms with E-state index in [9.17, 15) is 0 Å². The topological polar surface area (TPSA) is 21.3 Å². The molecule has 26 heavy (non-hydrogen) atoms. The normalized spacial score (nSPS) is 16.7. The summed E-state index contributed by atoms with van der Waals surface area (Å²) in [7, 11) is 0. The molecule has 1 N–H and O–H groups in total. The molecule has 2 aromatic rings. The van der Waals surface area contributed by atoms with Gasteiger partial charge in [-0.25, -0.2) is 0 Å². The van der Waals surface area contributed by atoms with Crippen LogP contribution in [0.2, 0.25) is 0 Å². The molecule has 1 aliphatic rings. The molecule has 1 aliphatic heterocycles. The van der Waals surface area contributed by atoms with Crippen LogP contribution in [0.4, 0.5) is 0 Å². The Kier molecular flexibility index (Phi) is 9.58. The largest absolute Gasteiger partial charge is 0.493 e. The zero-order chi connectivity index (χ0) is 17.2. The van der Waals surface area contributed by atoms with Gasteiger partial charge in [-0.05, 0) is 68.7 Å². The average Bonchev–Trinajstić information content (AvgIpc) is 2.68. The molecule has 0 aromatic heterocycles. The summed E-state index contributed by atoms with van der Waals surface area (Å²) in [4.78, 5) is 0. The summed E-state index contributed by atoms with van der Waals surface area (Å²) in [5.74, 6) is 1.08. The van der Waals surface area contributed by atoms with Crippen molar-refractivity contribution < 1.29 is 4.74 Å². The first kappa shape index (κ1) is 20.8. The molecule has 1 fully saturated rings. The maximum atomic E-state index is 6.12. The van der Waals surface area contributed by atoms with E-state index in [4.69, 9.17) is 4.74 Å². The van der Waals surface area contributed by atoms with Crippen molar-refractivity contribution in [2.24, 2.45) is 0 Å². The highest BCUT2D eigenvalue weighted by molar-refractivity contribution is 5.85. The van der Waals surface area contributed by atoms with Gasteiger partial charge in [0.1, 0.15) is 5.75 Å². The molecule has 1 saturated heterocycles. The second-order valence-electron chi connectivity index (χ2n) is 7.08. The van der Waals surface area contributed by atoms with E-state index in [0.29, 0.717) is 6.04 Å². The highest BCUT2D eigenvalue weighted by atomic mass is 35.5. The zero-order valence-electron chi connectivity index (χ0n) is 15.7. The molecule has 3 heteroatoms. The molecule has 2 aromatic carbocycles. The van der Waals surface area contributed by atoms with Gasteiger partial charge >= 0.3 is 0 Å². The van der Waals surface area contributed by atoms with Crippen molar-refractivity contribution in [1.82, 2.24) is 5.32 Å². The third kappa shape index (κ3) is 7.01. The molecule has 142 valence electrons. The third-order valence-corrected chi connectivity index (χ3v) is 5.11. The maximum absolute atomic E-state index is 6.12. The highest BCUT2D eigenvalue weighted by Crippen LogP contribution is 2.21. The van der Waals surface area contributed by atoms with Crippen LogP contribution >= 0.6 is 12.4 Å². The molecule has 3 rings (SSSR count). The number of rotatable bonds is 9. The Morgan fingerprint density at radius 3 is 2.46 bits per heavy atom. The molecule has 0 amide bonds. The second-order valence-corrected chi connectivity index (χ2v) is 7.08. The van der Waals surface area contributed by atoms with Crippen molar-refractivity contribution in [3.63, 3.8) is 0 Å². The van der Waals surface area contributed by atoms with Gasteiger partial charge in [0.15, 0.2) is 0 Å². The highest BCUT2D eigenvalue weighted by Gasteiger charge is 2.12. The van der Waals surface area contributed by atoms with Gasteiger partial charge in [0.2, 0.25) is 0 Å². The minimum Gasteiger partial charge on any atom is -0.493 e. The van der Waals surface area contributed by atoms with E-state index >= 15 is 0 Å². The predicted molar refractivity (Wildman–Crippen MR) is 113 cm³/mol. The van der Waals surface area contributed by atoms with Gasteiger partial charge < -0.3 is 10.1 Å². The van der Waals surface area contributed by atoms with E-state index in [0.717, 1.165) is 31.6 Å². The summed E-state index contributed by atoms with van der Waals surface area (Å²) in [6.45, 7) is 1.99. The summed E-state index contributed by atoms with van der Waals surface area (Å²) in [6.07, 6.45) is 9.79. The first-order chi connectivity index (χ1) is 12.4. The fraction of sp³-hybridized carbons (Fsp3) is 0.478. The molecular weight excluding hydrogens is 342 g/mol. The fourth-order valence-corrected chi connectivity index (χ4v) is 3.62. The van der Waals surface area contributed by atoms with Gasteiger partial charge in [0.25, 0.3) is 0 Å². The lowest BCUT2D eigenvalue weighted by Crippen LogP contribution is -2.35. The Balaban J connectivity index is 0.00000243. The quantitative estimate of drug-likeness (QED) is 0.579. The Bertz CT molecular complexity index is 611. The first-order valence-corrected chi connectivity index (χ1v) is 9.90. The Hall–Kier alpha value is -1.51. The smallest absolute Gasteiger partial charge is 0.122 e. The molecule has 0 radical (unpaired) electrons. The standard InChI is InChI=1S/C23H31NO.ClH/c1-2-10-20(11-3-1)12-4-5-13-21-14-6-7-16-23(21)25-19-17-22-15-8-9-18-24-22;/h1-3,6-7,10-11,14,16,22,24H,4-5,8-9,12-13,15,17-19H2;1H. The van der Waals surface area contributed by atoms with E-state index < -0.39 is 0 Å². The van der Waals surface area contributed by atoms with Crippen LogP contribution in [0.15, 0.2) is 54.6 Å².